The van der Waals surface area contributed by atoms with E-state index >= 15 is 0 Å². The Balaban J connectivity index is 0.00000484. The molecular formula is C13H21BrF3N5O. The van der Waals surface area contributed by atoms with Crippen LogP contribution in [0.15, 0.2) is 23.3 Å². The number of guanidine groups is 1. The highest BCUT2D eigenvalue weighted by Crippen LogP contribution is 2.28. The van der Waals surface area contributed by atoms with Gasteiger partial charge in [-0.1, -0.05) is 0 Å². The maximum atomic E-state index is 12.4. The standard InChI is InChI=1S/C13H20F3N5O.BrH/c1-22-8-7-20-12(17)19-6-2-5-18-11-4-3-10(9-21-11)13(14,15)16;/h3-4,9H,2,5-8H2,1H3,(H,18,21)(H3,17,19,20);1H. The molecule has 0 saturated carbocycles. The van der Waals surface area contributed by atoms with Crippen LogP contribution in [0.1, 0.15) is 12.0 Å². The van der Waals surface area contributed by atoms with Gasteiger partial charge in [0.25, 0.3) is 0 Å². The molecule has 6 nitrogen and oxygen atoms in total. The molecule has 0 spiro atoms. The molecule has 1 heterocycles. The van der Waals surface area contributed by atoms with Crippen LogP contribution >= 0.6 is 17.0 Å². The number of halogens is 4. The quantitative estimate of drug-likeness (QED) is 0.353. The molecule has 132 valence electrons. The highest BCUT2D eigenvalue weighted by molar-refractivity contribution is 8.93. The van der Waals surface area contributed by atoms with Crippen molar-refractivity contribution in [3.63, 3.8) is 0 Å². The van der Waals surface area contributed by atoms with E-state index in [4.69, 9.17) is 10.5 Å². The first-order valence-electron chi connectivity index (χ1n) is 6.73. The molecule has 0 amide bonds. The van der Waals surface area contributed by atoms with Gasteiger partial charge in [-0.05, 0) is 18.6 Å². The number of ether oxygens (including phenoxy) is 1. The van der Waals surface area contributed by atoms with Crippen molar-refractivity contribution < 1.29 is 17.9 Å². The highest BCUT2D eigenvalue weighted by Gasteiger charge is 2.30. The summed E-state index contributed by atoms with van der Waals surface area (Å²) in [5.41, 5.74) is 4.84. The fourth-order valence-corrected chi connectivity index (χ4v) is 1.50. The summed E-state index contributed by atoms with van der Waals surface area (Å²) in [5.74, 6) is 0.730. The van der Waals surface area contributed by atoms with Crippen LogP contribution in [0.2, 0.25) is 0 Å². The number of aromatic nitrogens is 1. The monoisotopic (exact) mass is 399 g/mol. The lowest BCUT2D eigenvalue weighted by Crippen LogP contribution is -2.34. The predicted molar refractivity (Wildman–Crippen MR) is 89.0 cm³/mol. The van der Waals surface area contributed by atoms with Gasteiger partial charge in [-0.15, -0.1) is 17.0 Å². The smallest absolute Gasteiger partial charge is 0.383 e. The Morgan fingerprint density at radius 2 is 2.09 bits per heavy atom. The topological polar surface area (TPSA) is 84.6 Å². The maximum absolute atomic E-state index is 12.4. The molecule has 0 unspecified atom stereocenters. The van der Waals surface area contributed by atoms with Crippen LogP contribution in [0.3, 0.4) is 0 Å². The third-order valence-corrected chi connectivity index (χ3v) is 2.63. The second-order valence-electron chi connectivity index (χ2n) is 4.40. The number of nitrogens with zero attached hydrogens (tertiary/aromatic N) is 2. The summed E-state index contributed by atoms with van der Waals surface area (Å²) in [6.45, 7) is 2.16. The van der Waals surface area contributed by atoms with Crippen molar-refractivity contribution in [1.82, 2.24) is 10.3 Å². The lowest BCUT2D eigenvalue weighted by molar-refractivity contribution is -0.137. The zero-order valence-electron chi connectivity index (χ0n) is 12.7. The fourth-order valence-electron chi connectivity index (χ4n) is 1.50. The molecule has 0 aromatic carbocycles. The minimum atomic E-state index is -4.37. The minimum absolute atomic E-state index is 0. The van der Waals surface area contributed by atoms with Gasteiger partial charge in [0.2, 0.25) is 0 Å². The number of nitrogens with two attached hydrogens (primary N) is 1. The maximum Gasteiger partial charge on any atom is 0.417 e. The van der Waals surface area contributed by atoms with Crippen LogP contribution in [0.4, 0.5) is 19.0 Å². The first kappa shape index (κ1) is 21.4. The van der Waals surface area contributed by atoms with E-state index in [0.717, 1.165) is 12.3 Å². The van der Waals surface area contributed by atoms with E-state index in [2.05, 4.69) is 20.6 Å². The van der Waals surface area contributed by atoms with Gasteiger partial charge in [0.05, 0.1) is 12.2 Å². The summed E-state index contributed by atoms with van der Waals surface area (Å²) in [6.07, 6.45) is -2.89. The average molecular weight is 400 g/mol. The summed E-state index contributed by atoms with van der Waals surface area (Å²) in [6, 6.07) is 2.29. The molecule has 0 radical (unpaired) electrons. The van der Waals surface area contributed by atoms with E-state index in [1.54, 1.807) is 7.11 Å². The van der Waals surface area contributed by atoms with Crippen molar-refractivity contribution >= 4 is 28.8 Å². The van der Waals surface area contributed by atoms with Gasteiger partial charge >= 0.3 is 6.18 Å². The van der Waals surface area contributed by atoms with E-state index in [1.165, 1.54) is 6.07 Å². The van der Waals surface area contributed by atoms with E-state index in [9.17, 15) is 13.2 Å². The van der Waals surface area contributed by atoms with Crippen LogP contribution < -0.4 is 16.4 Å². The highest BCUT2D eigenvalue weighted by atomic mass is 79.9. The number of hydrogen-bond acceptors (Lipinski definition) is 4. The summed E-state index contributed by atoms with van der Waals surface area (Å²) in [4.78, 5) is 7.80. The molecule has 4 N–H and O–H groups in total. The molecule has 1 aromatic rings. The van der Waals surface area contributed by atoms with Gasteiger partial charge in [-0.3, -0.25) is 4.99 Å². The zero-order chi connectivity index (χ0) is 16.4. The number of nitrogens with one attached hydrogen (secondary N) is 2. The van der Waals surface area contributed by atoms with Gasteiger partial charge in [0.15, 0.2) is 5.96 Å². The van der Waals surface area contributed by atoms with Gasteiger partial charge < -0.3 is 21.1 Å². The molecule has 23 heavy (non-hydrogen) atoms. The third kappa shape index (κ3) is 9.24. The lowest BCUT2D eigenvalue weighted by Gasteiger charge is -2.08. The van der Waals surface area contributed by atoms with Crippen LogP contribution in [-0.4, -0.2) is 44.3 Å². The summed E-state index contributed by atoms with van der Waals surface area (Å²) in [5, 5.41) is 5.80. The molecule has 0 bridgehead atoms. The van der Waals surface area contributed by atoms with Crippen LogP contribution in [-0.2, 0) is 10.9 Å². The fraction of sp³-hybridized carbons (Fsp3) is 0.538. The first-order chi connectivity index (χ1) is 10.4. The van der Waals surface area contributed by atoms with Crippen LogP contribution in [0, 0.1) is 0 Å². The van der Waals surface area contributed by atoms with Crippen molar-refractivity contribution in [2.24, 2.45) is 10.7 Å². The Morgan fingerprint density at radius 1 is 1.35 bits per heavy atom. The largest absolute Gasteiger partial charge is 0.417 e. The lowest BCUT2D eigenvalue weighted by atomic mass is 10.3. The van der Waals surface area contributed by atoms with E-state index in [1.807, 2.05) is 0 Å². The van der Waals surface area contributed by atoms with Crippen molar-refractivity contribution in [3.05, 3.63) is 23.9 Å². The van der Waals surface area contributed by atoms with E-state index in [0.29, 0.717) is 44.4 Å². The van der Waals surface area contributed by atoms with Gasteiger partial charge in [-0.25, -0.2) is 4.98 Å². The molecule has 0 aliphatic heterocycles. The van der Waals surface area contributed by atoms with Crippen molar-refractivity contribution in [2.45, 2.75) is 12.6 Å². The Hall–Kier alpha value is -1.55. The van der Waals surface area contributed by atoms with Crippen molar-refractivity contribution in [2.75, 3.05) is 38.7 Å². The van der Waals surface area contributed by atoms with Gasteiger partial charge in [0.1, 0.15) is 5.82 Å². The number of alkyl halides is 3. The van der Waals surface area contributed by atoms with Crippen molar-refractivity contribution in [3.8, 4) is 0 Å². The van der Waals surface area contributed by atoms with E-state index in [-0.39, 0.29) is 17.0 Å². The third-order valence-electron chi connectivity index (χ3n) is 2.63. The molecule has 0 fully saturated rings. The second-order valence-corrected chi connectivity index (χ2v) is 4.40. The minimum Gasteiger partial charge on any atom is -0.383 e. The van der Waals surface area contributed by atoms with E-state index < -0.39 is 11.7 Å². The Kier molecular flexibility index (Phi) is 10.3. The molecule has 0 saturated heterocycles. The molecule has 1 rings (SSSR count). The predicted octanol–water partition coefficient (Wildman–Crippen LogP) is 2.03. The first-order valence-corrected chi connectivity index (χ1v) is 6.73. The molecule has 10 heteroatoms. The molecule has 0 aliphatic rings. The average Bonchev–Trinajstić information content (AvgIpc) is 2.47. The Labute approximate surface area is 143 Å². The summed E-state index contributed by atoms with van der Waals surface area (Å²) in [7, 11) is 1.59. The number of hydrogen-bond donors (Lipinski definition) is 3. The molecule has 0 atom stereocenters. The number of anilines is 1. The van der Waals surface area contributed by atoms with Crippen molar-refractivity contribution in [1.29, 1.82) is 0 Å². The number of methoxy groups -OCH3 is 1. The number of pyridine rings is 1. The normalized spacial score (nSPS) is 11.7. The summed E-state index contributed by atoms with van der Waals surface area (Å²) >= 11 is 0. The van der Waals surface area contributed by atoms with Gasteiger partial charge in [-0.2, -0.15) is 13.2 Å². The SMILES string of the molecule is Br.COCCNC(N)=NCCCNc1ccc(C(F)(F)F)cn1. The summed E-state index contributed by atoms with van der Waals surface area (Å²) < 4.78 is 41.9. The van der Waals surface area contributed by atoms with Crippen LogP contribution in [0.5, 0.6) is 0 Å². The van der Waals surface area contributed by atoms with Crippen LogP contribution in [0.25, 0.3) is 0 Å². The zero-order valence-corrected chi connectivity index (χ0v) is 14.4. The molecule has 0 aliphatic carbocycles. The number of aliphatic imine (C=N–C) groups is 1. The second kappa shape index (κ2) is 11.1. The van der Waals surface area contributed by atoms with Gasteiger partial charge in [0, 0.05) is 32.9 Å². The molecule has 1 aromatic heterocycles. The number of rotatable bonds is 8. The Morgan fingerprint density at radius 3 is 2.65 bits per heavy atom. The molecular weight excluding hydrogens is 379 g/mol. The Bertz CT molecular complexity index is 468.